The molecule has 0 radical (unpaired) electrons. The Hall–Kier alpha value is -3.06. The number of unbranched alkanes of at least 4 members (excludes halogenated alkanes) is 3. The van der Waals surface area contributed by atoms with Crippen molar-refractivity contribution in [3.8, 4) is 0 Å². The highest BCUT2D eigenvalue weighted by atomic mass is 35.5. The van der Waals surface area contributed by atoms with Crippen molar-refractivity contribution < 1.29 is 19.1 Å². The molecule has 0 saturated heterocycles. The molecule has 0 aliphatic heterocycles. The number of halogens is 1. The third-order valence-corrected chi connectivity index (χ3v) is 7.28. The van der Waals surface area contributed by atoms with Crippen molar-refractivity contribution in [2.75, 3.05) is 11.9 Å². The Kier molecular flexibility index (Phi) is 13.8. The van der Waals surface area contributed by atoms with Gasteiger partial charge in [0.05, 0.1) is 10.7 Å². The predicted molar refractivity (Wildman–Crippen MR) is 172 cm³/mol. The quantitative estimate of drug-likeness (QED) is 0.214. The lowest BCUT2D eigenvalue weighted by Crippen LogP contribution is -2.53. The molecule has 2 unspecified atom stereocenters. The monoisotopic (exact) mass is 599 g/mol. The summed E-state index contributed by atoms with van der Waals surface area (Å²) in [6.45, 7) is 15.8. The Morgan fingerprint density at radius 1 is 0.976 bits per heavy atom. The first-order chi connectivity index (χ1) is 19.8. The van der Waals surface area contributed by atoms with Gasteiger partial charge in [0.1, 0.15) is 17.7 Å². The molecule has 0 aromatic heterocycles. The van der Waals surface area contributed by atoms with Gasteiger partial charge in [-0.25, -0.2) is 4.79 Å². The van der Waals surface area contributed by atoms with Crippen molar-refractivity contribution in [3.63, 3.8) is 0 Å². The van der Waals surface area contributed by atoms with Gasteiger partial charge >= 0.3 is 6.09 Å². The molecule has 0 heterocycles. The van der Waals surface area contributed by atoms with Gasteiger partial charge in [-0.2, -0.15) is 0 Å². The number of nitrogens with one attached hydrogen (secondary N) is 2. The van der Waals surface area contributed by atoms with E-state index < -0.39 is 23.8 Å². The maximum atomic E-state index is 14.4. The number of carbonyl (C=O) groups excluding carboxylic acids is 3. The van der Waals surface area contributed by atoms with Crippen LogP contribution in [0.25, 0.3) is 0 Å². The van der Waals surface area contributed by atoms with Crippen LogP contribution in [0.1, 0.15) is 103 Å². The number of nitrogens with zero attached hydrogens (tertiary/aromatic N) is 1. The van der Waals surface area contributed by atoms with Crippen LogP contribution in [0, 0.1) is 12.8 Å². The molecule has 7 nitrogen and oxygen atoms in total. The lowest BCUT2D eigenvalue weighted by Gasteiger charge is -2.35. The topological polar surface area (TPSA) is 87.7 Å². The van der Waals surface area contributed by atoms with E-state index >= 15 is 0 Å². The van der Waals surface area contributed by atoms with Crippen LogP contribution in [-0.2, 0) is 20.7 Å². The highest BCUT2D eigenvalue weighted by Crippen LogP contribution is 2.30. The summed E-state index contributed by atoms with van der Waals surface area (Å²) in [5, 5.41) is 6.25. The molecular weight excluding hydrogens is 550 g/mol. The number of benzene rings is 2. The lowest BCUT2D eigenvalue weighted by molar-refractivity contribution is -0.141. The van der Waals surface area contributed by atoms with Crippen LogP contribution in [0.4, 0.5) is 10.5 Å². The van der Waals surface area contributed by atoms with Gasteiger partial charge in [-0.3, -0.25) is 9.59 Å². The number of alkyl carbamates (subject to hydrolysis) is 1. The molecular formula is C34H50ClN3O4. The fraction of sp³-hybridized carbons (Fsp3) is 0.559. The van der Waals surface area contributed by atoms with E-state index in [0.29, 0.717) is 29.2 Å². The first kappa shape index (κ1) is 35.1. The van der Waals surface area contributed by atoms with Crippen LogP contribution < -0.4 is 10.6 Å². The Labute approximate surface area is 257 Å². The minimum absolute atomic E-state index is 0.109. The van der Waals surface area contributed by atoms with E-state index in [2.05, 4.69) is 24.5 Å². The first-order valence-corrected chi connectivity index (χ1v) is 15.6. The molecule has 3 amide bonds. The van der Waals surface area contributed by atoms with E-state index in [4.69, 9.17) is 16.3 Å². The number of amides is 3. The molecule has 2 N–H and O–H groups in total. The smallest absolute Gasteiger partial charge is 0.408 e. The predicted octanol–water partition coefficient (Wildman–Crippen LogP) is 8.24. The Bertz CT molecular complexity index is 1150. The summed E-state index contributed by atoms with van der Waals surface area (Å²) in [7, 11) is 0. The largest absolute Gasteiger partial charge is 0.444 e. The normalized spacial score (nSPS) is 12.9. The third kappa shape index (κ3) is 11.0. The van der Waals surface area contributed by atoms with E-state index in [0.717, 1.165) is 43.2 Å². The summed E-state index contributed by atoms with van der Waals surface area (Å²) in [4.78, 5) is 43.1. The van der Waals surface area contributed by atoms with Gasteiger partial charge in [0.25, 0.3) is 5.91 Å². The van der Waals surface area contributed by atoms with Crippen LogP contribution in [-0.4, -0.2) is 41.0 Å². The number of aryl methyl sites for hydroxylation is 2. The molecule has 0 fully saturated rings. The molecule has 8 heteroatoms. The van der Waals surface area contributed by atoms with Gasteiger partial charge in [0.15, 0.2) is 0 Å². The van der Waals surface area contributed by atoms with Crippen molar-refractivity contribution in [1.82, 2.24) is 10.2 Å². The maximum Gasteiger partial charge on any atom is 0.408 e. The van der Waals surface area contributed by atoms with Gasteiger partial charge in [-0.15, -0.1) is 0 Å². The number of rotatable bonds is 14. The third-order valence-electron chi connectivity index (χ3n) is 6.97. The van der Waals surface area contributed by atoms with Crippen LogP contribution in [0.3, 0.4) is 0 Å². The van der Waals surface area contributed by atoms with Crippen molar-refractivity contribution in [2.24, 2.45) is 5.92 Å². The second kappa shape index (κ2) is 16.5. The van der Waals surface area contributed by atoms with Crippen molar-refractivity contribution >= 4 is 35.2 Å². The zero-order valence-electron chi connectivity index (χ0n) is 26.7. The molecule has 0 spiro atoms. The van der Waals surface area contributed by atoms with Crippen LogP contribution in [0.5, 0.6) is 0 Å². The Morgan fingerprint density at radius 3 is 2.19 bits per heavy atom. The molecule has 42 heavy (non-hydrogen) atoms. The summed E-state index contributed by atoms with van der Waals surface area (Å²) in [5.41, 5.74) is 2.44. The fourth-order valence-corrected chi connectivity index (χ4v) is 5.08. The molecule has 2 rings (SSSR count). The van der Waals surface area contributed by atoms with Gasteiger partial charge < -0.3 is 20.3 Å². The Balaban J connectivity index is 2.59. The van der Waals surface area contributed by atoms with Crippen molar-refractivity contribution in [2.45, 2.75) is 112 Å². The summed E-state index contributed by atoms with van der Waals surface area (Å²) < 4.78 is 5.50. The molecule has 0 bridgehead atoms. The summed E-state index contributed by atoms with van der Waals surface area (Å²) >= 11 is 6.49. The number of hydrogen-bond donors (Lipinski definition) is 2. The highest BCUT2D eigenvalue weighted by molar-refractivity contribution is 6.34. The van der Waals surface area contributed by atoms with E-state index in [1.54, 1.807) is 31.7 Å². The van der Waals surface area contributed by atoms with Crippen LogP contribution in [0.2, 0.25) is 5.02 Å². The standard InChI is InChI=1S/C34H50ClN3O4/c1-9-11-12-13-21-38(32(40)28(22-23(3)4)36-33(41)42-34(6,7)8)30(26-19-17-25(10-2)18-20-26)31(39)37-29-24(5)15-14-16-27(29)35/h14-20,23,28,30H,9-13,21-22H2,1-8H3,(H,36,41)(H,37,39). The van der Waals surface area contributed by atoms with Gasteiger partial charge in [0, 0.05) is 6.54 Å². The van der Waals surface area contributed by atoms with Crippen LogP contribution in [0.15, 0.2) is 42.5 Å². The molecule has 0 aliphatic carbocycles. The molecule has 0 aliphatic rings. The number of para-hydroxylation sites is 1. The molecule has 2 atom stereocenters. The lowest BCUT2D eigenvalue weighted by atomic mass is 9.97. The van der Waals surface area contributed by atoms with Gasteiger partial charge in [-0.1, -0.05) is 95.0 Å². The zero-order chi connectivity index (χ0) is 31.4. The van der Waals surface area contributed by atoms with E-state index in [1.807, 2.05) is 57.2 Å². The SMILES string of the molecule is CCCCCCN(C(=O)C(CC(C)C)NC(=O)OC(C)(C)C)C(C(=O)Nc1c(C)cccc1Cl)c1ccc(CC)cc1. The van der Waals surface area contributed by atoms with E-state index in [-0.39, 0.29) is 17.7 Å². The molecule has 0 saturated carbocycles. The Morgan fingerprint density at radius 2 is 1.64 bits per heavy atom. The second-order valence-corrected chi connectivity index (χ2v) is 12.7. The summed E-state index contributed by atoms with van der Waals surface area (Å²) in [6.07, 6.45) is 4.30. The minimum atomic E-state index is -0.934. The molecule has 232 valence electrons. The van der Waals surface area contributed by atoms with Crippen LogP contribution >= 0.6 is 11.6 Å². The van der Waals surface area contributed by atoms with Crippen molar-refractivity contribution in [3.05, 3.63) is 64.2 Å². The second-order valence-electron chi connectivity index (χ2n) is 12.3. The average molecular weight is 600 g/mol. The van der Waals surface area contributed by atoms with Gasteiger partial charge in [0.2, 0.25) is 5.91 Å². The number of hydrogen-bond acceptors (Lipinski definition) is 4. The number of ether oxygens (including phenoxy) is 1. The number of carbonyl (C=O) groups is 3. The molecule has 2 aromatic rings. The average Bonchev–Trinajstić information content (AvgIpc) is 2.90. The highest BCUT2D eigenvalue weighted by Gasteiger charge is 2.36. The maximum absolute atomic E-state index is 14.4. The minimum Gasteiger partial charge on any atom is -0.444 e. The van der Waals surface area contributed by atoms with Gasteiger partial charge in [-0.05, 0) is 75.6 Å². The fourth-order valence-electron chi connectivity index (χ4n) is 4.81. The first-order valence-electron chi connectivity index (χ1n) is 15.2. The summed E-state index contributed by atoms with van der Waals surface area (Å²) in [5.74, 6) is -0.570. The zero-order valence-corrected chi connectivity index (χ0v) is 27.4. The number of anilines is 1. The summed E-state index contributed by atoms with van der Waals surface area (Å²) in [6, 6.07) is 11.4. The van der Waals surface area contributed by atoms with E-state index in [1.165, 1.54) is 0 Å². The van der Waals surface area contributed by atoms with Crippen molar-refractivity contribution in [1.29, 1.82) is 0 Å². The van der Waals surface area contributed by atoms with E-state index in [9.17, 15) is 14.4 Å². The molecule has 2 aromatic carbocycles.